The van der Waals surface area contributed by atoms with Crippen LogP contribution < -0.4 is 0 Å². The molecular formula is C5H7N3O3S. The van der Waals surface area contributed by atoms with E-state index >= 15 is 0 Å². The fraction of sp³-hybridized carbons (Fsp3) is 0.200. The summed E-state index contributed by atoms with van der Waals surface area (Å²) in [5.74, 6) is 0. The molecule has 0 saturated carbocycles. The van der Waals surface area contributed by atoms with Gasteiger partial charge in [0, 0.05) is 6.20 Å². The van der Waals surface area contributed by atoms with Crippen LogP contribution in [-0.2, 0) is 10.0 Å². The van der Waals surface area contributed by atoms with E-state index in [1.807, 2.05) is 0 Å². The van der Waals surface area contributed by atoms with Crippen LogP contribution in [0.1, 0.15) is 5.69 Å². The van der Waals surface area contributed by atoms with E-state index < -0.39 is 10.0 Å². The van der Waals surface area contributed by atoms with E-state index in [4.69, 9.17) is 5.21 Å². The largest absolute Gasteiger partial charge is 0.411 e. The lowest BCUT2D eigenvalue weighted by atomic mass is 10.5. The SMILES string of the molecule is CS(=O)(=O)n1ccc(C=NO)n1. The minimum absolute atomic E-state index is 0.280. The third kappa shape index (κ3) is 1.82. The molecule has 0 aromatic carbocycles. The van der Waals surface area contributed by atoms with Crippen LogP contribution in [0.5, 0.6) is 0 Å². The molecular weight excluding hydrogens is 182 g/mol. The van der Waals surface area contributed by atoms with Crippen molar-refractivity contribution in [1.82, 2.24) is 9.19 Å². The highest BCUT2D eigenvalue weighted by molar-refractivity contribution is 7.89. The molecule has 0 aliphatic heterocycles. The lowest BCUT2D eigenvalue weighted by molar-refractivity contribution is 0.321. The second-order valence-electron chi connectivity index (χ2n) is 2.12. The van der Waals surface area contributed by atoms with Crippen molar-refractivity contribution in [2.75, 3.05) is 6.26 Å². The number of nitrogens with zero attached hydrogens (tertiary/aromatic N) is 3. The molecule has 6 nitrogen and oxygen atoms in total. The number of oxime groups is 1. The minimum atomic E-state index is -3.34. The highest BCUT2D eigenvalue weighted by atomic mass is 32.2. The van der Waals surface area contributed by atoms with Gasteiger partial charge in [-0.2, -0.15) is 9.19 Å². The summed E-state index contributed by atoms with van der Waals surface area (Å²) in [5.41, 5.74) is 0.280. The first-order chi connectivity index (χ1) is 5.54. The number of hydrogen-bond donors (Lipinski definition) is 1. The van der Waals surface area contributed by atoms with Crippen molar-refractivity contribution in [3.05, 3.63) is 18.0 Å². The summed E-state index contributed by atoms with van der Waals surface area (Å²) >= 11 is 0. The van der Waals surface area contributed by atoms with Crippen molar-refractivity contribution >= 4 is 16.2 Å². The van der Waals surface area contributed by atoms with E-state index in [-0.39, 0.29) is 5.69 Å². The van der Waals surface area contributed by atoms with Crippen molar-refractivity contribution in [2.24, 2.45) is 5.16 Å². The van der Waals surface area contributed by atoms with Crippen LogP contribution in [0.25, 0.3) is 0 Å². The van der Waals surface area contributed by atoms with Gasteiger partial charge in [-0.3, -0.25) is 0 Å². The lowest BCUT2D eigenvalue weighted by Gasteiger charge is -1.93. The van der Waals surface area contributed by atoms with Crippen LogP contribution in [0, 0.1) is 0 Å². The van der Waals surface area contributed by atoms with Gasteiger partial charge in [0.05, 0.1) is 12.5 Å². The molecule has 0 fully saturated rings. The Morgan fingerprint density at radius 3 is 2.83 bits per heavy atom. The molecule has 0 aliphatic carbocycles. The highest BCUT2D eigenvalue weighted by Crippen LogP contribution is 1.95. The van der Waals surface area contributed by atoms with Crippen LogP contribution >= 0.6 is 0 Å². The van der Waals surface area contributed by atoms with Crippen LogP contribution in [0.2, 0.25) is 0 Å². The zero-order valence-corrected chi connectivity index (χ0v) is 7.06. The second kappa shape index (κ2) is 2.94. The maximum absolute atomic E-state index is 10.8. The molecule has 12 heavy (non-hydrogen) atoms. The van der Waals surface area contributed by atoms with Gasteiger partial charge in [0.2, 0.25) is 0 Å². The molecule has 0 bridgehead atoms. The average molecular weight is 189 g/mol. The van der Waals surface area contributed by atoms with Crippen molar-refractivity contribution in [3.63, 3.8) is 0 Å². The molecule has 0 aliphatic rings. The number of rotatable bonds is 2. The second-order valence-corrected chi connectivity index (χ2v) is 3.96. The molecule has 0 amide bonds. The van der Waals surface area contributed by atoms with Gasteiger partial charge in [-0.25, -0.2) is 8.42 Å². The fourth-order valence-electron chi connectivity index (χ4n) is 0.633. The van der Waals surface area contributed by atoms with Crippen LogP contribution in [-0.4, -0.2) is 35.3 Å². The van der Waals surface area contributed by atoms with Crippen molar-refractivity contribution in [3.8, 4) is 0 Å². The van der Waals surface area contributed by atoms with E-state index in [9.17, 15) is 8.42 Å². The van der Waals surface area contributed by atoms with Crippen LogP contribution in [0.3, 0.4) is 0 Å². The van der Waals surface area contributed by atoms with E-state index in [2.05, 4.69) is 10.3 Å². The molecule has 1 N–H and O–H groups in total. The van der Waals surface area contributed by atoms with Crippen molar-refractivity contribution < 1.29 is 13.6 Å². The van der Waals surface area contributed by atoms with E-state index in [0.717, 1.165) is 16.6 Å². The Morgan fingerprint density at radius 2 is 2.42 bits per heavy atom. The van der Waals surface area contributed by atoms with Crippen LogP contribution in [0.15, 0.2) is 17.4 Å². The summed E-state index contributed by atoms with van der Waals surface area (Å²) in [6.07, 6.45) is 3.34. The number of hydrogen-bond acceptors (Lipinski definition) is 5. The molecule has 1 aromatic rings. The predicted octanol–water partition coefficient (Wildman–Crippen LogP) is -0.501. The van der Waals surface area contributed by atoms with Gasteiger partial charge in [0.25, 0.3) is 10.0 Å². The topological polar surface area (TPSA) is 84.5 Å². The normalized spacial score (nSPS) is 12.4. The zero-order valence-electron chi connectivity index (χ0n) is 6.25. The maximum atomic E-state index is 10.8. The van der Waals surface area contributed by atoms with Gasteiger partial charge in [0.1, 0.15) is 5.69 Å². The molecule has 0 atom stereocenters. The molecule has 1 heterocycles. The first-order valence-corrected chi connectivity index (χ1v) is 4.82. The Balaban J connectivity index is 3.08. The van der Waals surface area contributed by atoms with Gasteiger partial charge in [-0.05, 0) is 6.07 Å². The monoisotopic (exact) mass is 189 g/mol. The standard InChI is InChI=1S/C5H7N3O3S/c1-12(10,11)8-3-2-5(7-8)4-6-9/h2-4,9H,1H3. The minimum Gasteiger partial charge on any atom is -0.411 e. The van der Waals surface area contributed by atoms with Gasteiger partial charge in [-0.1, -0.05) is 5.16 Å². The maximum Gasteiger partial charge on any atom is 0.250 e. The Labute approximate surface area is 69.2 Å². The molecule has 0 unspecified atom stereocenters. The summed E-state index contributed by atoms with van der Waals surface area (Å²) < 4.78 is 22.5. The molecule has 1 aromatic heterocycles. The van der Waals surface area contributed by atoms with Crippen molar-refractivity contribution in [2.45, 2.75) is 0 Å². The first kappa shape index (κ1) is 8.72. The fourth-order valence-corrected chi connectivity index (χ4v) is 1.16. The summed E-state index contributed by atoms with van der Waals surface area (Å²) in [5, 5.41) is 14.4. The molecule has 0 spiro atoms. The summed E-state index contributed by atoms with van der Waals surface area (Å²) in [6, 6.07) is 1.42. The quantitative estimate of drug-likeness (QED) is 0.386. The Morgan fingerprint density at radius 1 is 1.75 bits per heavy atom. The third-order valence-electron chi connectivity index (χ3n) is 1.12. The molecule has 66 valence electrons. The van der Waals surface area contributed by atoms with Gasteiger partial charge >= 0.3 is 0 Å². The Hall–Kier alpha value is -1.37. The predicted molar refractivity (Wildman–Crippen MR) is 41.8 cm³/mol. The Kier molecular flexibility index (Phi) is 2.13. The van der Waals surface area contributed by atoms with Crippen LogP contribution in [0.4, 0.5) is 0 Å². The molecule has 7 heteroatoms. The Bertz CT molecular complexity index is 392. The zero-order chi connectivity index (χ0) is 9.19. The molecule has 0 radical (unpaired) electrons. The molecule has 1 rings (SSSR count). The highest BCUT2D eigenvalue weighted by Gasteiger charge is 2.05. The summed E-state index contributed by atoms with van der Waals surface area (Å²) in [6.45, 7) is 0. The number of aromatic nitrogens is 2. The third-order valence-corrected chi connectivity index (χ3v) is 2.00. The van der Waals surface area contributed by atoms with E-state index in [1.54, 1.807) is 0 Å². The first-order valence-electron chi connectivity index (χ1n) is 2.97. The lowest BCUT2D eigenvalue weighted by Crippen LogP contribution is -2.10. The van der Waals surface area contributed by atoms with E-state index in [1.165, 1.54) is 12.3 Å². The van der Waals surface area contributed by atoms with Gasteiger partial charge in [-0.15, -0.1) is 0 Å². The van der Waals surface area contributed by atoms with E-state index in [0.29, 0.717) is 0 Å². The smallest absolute Gasteiger partial charge is 0.250 e. The average Bonchev–Trinajstić information content (AvgIpc) is 2.35. The summed E-state index contributed by atoms with van der Waals surface area (Å²) in [7, 11) is -3.34. The van der Waals surface area contributed by atoms with Gasteiger partial charge < -0.3 is 5.21 Å². The van der Waals surface area contributed by atoms with Crippen molar-refractivity contribution in [1.29, 1.82) is 0 Å². The molecule has 0 saturated heterocycles. The van der Waals surface area contributed by atoms with Gasteiger partial charge in [0.15, 0.2) is 0 Å². The summed E-state index contributed by atoms with van der Waals surface area (Å²) in [4.78, 5) is 0.